The van der Waals surface area contributed by atoms with Crippen molar-refractivity contribution in [3.8, 4) is 5.88 Å². The lowest BCUT2D eigenvalue weighted by atomic mass is 10.3. The van der Waals surface area contributed by atoms with Crippen LogP contribution >= 0.6 is 0 Å². The number of aliphatic hydroxyl groups excluding tert-OH is 1. The van der Waals surface area contributed by atoms with Crippen molar-refractivity contribution in [3.05, 3.63) is 11.5 Å². The van der Waals surface area contributed by atoms with E-state index in [0.717, 1.165) is 0 Å². The average molecular weight is 229 g/mol. The largest absolute Gasteiger partial charge is 0.474 e. The fourth-order valence-electron chi connectivity index (χ4n) is 1.51. The fraction of sp³-hybridized carbons (Fsp3) is 0.556. The molecule has 0 atom stereocenters. The number of ether oxygens (including phenoxy) is 1. The van der Waals surface area contributed by atoms with Crippen molar-refractivity contribution < 1.29 is 19.0 Å². The normalized spacial score (nSPS) is 13.4. The van der Waals surface area contributed by atoms with E-state index in [9.17, 15) is 9.18 Å². The topological polar surface area (TPSA) is 67.6 Å². The summed E-state index contributed by atoms with van der Waals surface area (Å²) in [6.07, 6.45) is 0. The monoisotopic (exact) mass is 229 g/mol. The Balaban J connectivity index is 2.24. The lowest BCUT2D eigenvalue weighted by molar-refractivity contribution is 0.0755. The van der Waals surface area contributed by atoms with E-state index in [1.165, 1.54) is 16.6 Å². The van der Waals surface area contributed by atoms with Crippen molar-refractivity contribution in [1.82, 2.24) is 14.7 Å². The molecule has 2 heterocycles. The Hall–Kier alpha value is -1.63. The van der Waals surface area contributed by atoms with Gasteiger partial charge in [-0.15, -0.1) is 0 Å². The quantitative estimate of drug-likeness (QED) is 0.757. The minimum atomic E-state index is -0.729. The summed E-state index contributed by atoms with van der Waals surface area (Å²) in [5.41, 5.74) is -0.259. The van der Waals surface area contributed by atoms with Crippen LogP contribution in [0.25, 0.3) is 0 Å². The molecule has 7 heteroatoms. The van der Waals surface area contributed by atoms with Crippen LogP contribution in [0.5, 0.6) is 5.88 Å². The van der Waals surface area contributed by atoms with Crippen LogP contribution in [0.3, 0.4) is 0 Å². The minimum Gasteiger partial charge on any atom is -0.474 e. The lowest BCUT2D eigenvalue weighted by Gasteiger charge is -2.13. The Morgan fingerprint density at radius 2 is 2.50 bits per heavy atom. The van der Waals surface area contributed by atoms with Gasteiger partial charge in [-0.3, -0.25) is 4.79 Å². The summed E-state index contributed by atoms with van der Waals surface area (Å²) in [6, 6.07) is 0. The Bertz CT molecular complexity index is 418. The van der Waals surface area contributed by atoms with Gasteiger partial charge in [0.2, 0.25) is 11.7 Å². The van der Waals surface area contributed by atoms with Crippen LogP contribution in [0.4, 0.5) is 4.39 Å². The molecule has 0 bridgehead atoms. The highest BCUT2D eigenvalue weighted by atomic mass is 19.1. The van der Waals surface area contributed by atoms with Gasteiger partial charge in [0.05, 0.1) is 13.2 Å². The van der Waals surface area contributed by atoms with Gasteiger partial charge in [-0.25, -0.2) is 4.68 Å². The first-order chi connectivity index (χ1) is 7.65. The fourth-order valence-corrected chi connectivity index (χ4v) is 1.51. The molecule has 0 radical (unpaired) electrons. The summed E-state index contributed by atoms with van der Waals surface area (Å²) in [5, 5.41) is 12.5. The van der Waals surface area contributed by atoms with Crippen LogP contribution in [-0.4, -0.2) is 52.5 Å². The lowest BCUT2D eigenvalue weighted by Crippen LogP contribution is -2.30. The first-order valence-corrected chi connectivity index (χ1v) is 4.90. The number of amides is 1. The van der Waals surface area contributed by atoms with E-state index in [0.29, 0.717) is 13.2 Å². The number of nitrogens with zero attached hydrogens (tertiary/aromatic N) is 3. The number of fused-ring (bicyclic) bond motifs is 1. The van der Waals surface area contributed by atoms with Crippen molar-refractivity contribution in [1.29, 1.82) is 0 Å². The number of hydrogen-bond acceptors (Lipinski definition) is 4. The molecule has 6 nitrogen and oxygen atoms in total. The third-order valence-corrected chi connectivity index (χ3v) is 2.38. The van der Waals surface area contributed by atoms with Crippen LogP contribution in [0, 0.1) is 5.82 Å². The van der Waals surface area contributed by atoms with Gasteiger partial charge in [-0.1, -0.05) is 0 Å². The zero-order valence-corrected chi connectivity index (χ0v) is 8.81. The maximum atomic E-state index is 13.7. The molecular formula is C9H12FN3O3. The molecule has 0 unspecified atom stereocenters. The molecule has 1 amide bonds. The SMILES string of the molecule is CN(CCO)C(=O)c1nn2c(c1F)OCC2. The summed E-state index contributed by atoms with van der Waals surface area (Å²) in [4.78, 5) is 12.9. The number of halogens is 1. The van der Waals surface area contributed by atoms with Crippen molar-refractivity contribution in [2.75, 3.05) is 26.8 Å². The van der Waals surface area contributed by atoms with Gasteiger partial charge in [-0.2, -0.15) is 9.49 Å². The number of aliphatic hydroxyl groups is 1. The van der Waals surface area contributed by atoms with E-state index in [1.807, 2.05) is 0 Å². The molecule has 0 fully saturated rings. The smallest absolute Gasteiger partial charge is 0.277 e. The van der Waals surface area contributed by atoms with Crippen LogP contribution in [0.15, 0.2) is 0 Å². The number of rotatable bonds is 3. The number of aromatic nitrogens is 2. The predicted octanol–water partition coefficient (Wildman–Crippen LogP) is -0.521. The van der Waals surface area contributed by atoms with Crippen LogP contribution < -0.4 is 4.74 Å². The maximum absolute atomic E-state index is 13.7. The molecule has 2 rings (SSSR count). The number of hydrogen-bond donors (Lipinski definition) is 1. The molecule has 0 saturated carbocycles. The van der Waals surface area contributed by atoms with E-state index >= 15 is 0 Å². The van der Waals surface area contributed by atoms with Crippen LogP contribution in [-0.2, 0) is 6.54 Å². The average Bonchev–Trinajstić information content (AvgIpc) is 2.81. The van der Waals surface area contributed by atoms with Crippen molar-refractivity contribution in [2.45, 2.75) is 6.54 Å². The highest BCUT2D eigenvalue weighted by molar-refractivity contribution is 5.92. The summed E-state index contributed by atoms with van der Waals surface area (Å²) in [5.74, 6) is -1.27. The third-order valence-electron chi connectivity index (χ3n) is 2.38. The molecule has 0 saturated heterocycles. The second-order valence-corrected chi connectivity index (χ2v) is 3.49. The second kappa shape index (κ2) is 4.09. The Morgan fingerprint density at radius 3 is 3.12 bits per heavy atom. The molecule has 16 heavy (non-hydrogen) atoms. The summed E-state index contributed by atoms with van der Waals surface area (Å²) in [7, 11) is 1.48. The van der Waals surface area contributed by atoms with Gasteiger partial charge in [0.1, 0.15) is 6.61 Å². The van der Waals surface area contributed by atoms with Gasteiger partial charge in [0, 0.05) is 13.6 Å². The molecule has 0 aliphatic carbocycles. The van der Waals surface area contributed by atoms with E-state index in [4.69, 9.17) is 9.84 Å². The summed E-state index contributed by atoms with van der Waals surface area (Å²) >= 11 is 0. The minimum absolute atomic E-state index is 0.0146. The standard InChI is InChI=1S/C9H12FN3O3/c1-12(2-4-14)8(15)7-6(10)9-13(11-7)3-5-16-9/h14H,2-5H2,1H3. The van der Waals surface area contributed by atoms with E-state index in [2.05, 4.69) is 5.10 Å². The van der Waals surface area contributed by atoms with Crippen molar-refractivity contribution in [3.63, 3.8) is 0 Å². The molecule has 88 valence electrons. The van der Waals surface area contributed by atoms with Gasteiger partial charge in [-0.05, 0) is 0 Å². The van der Waals surface area contributed by atoms with Gasteiger partial charge in [0.15, 0.2) is 5.69 Å². The van der Waals surface area contributed by atoms with Gasteiger partial charge >= 0.3 is 0 Å². The third kappa shape index (κ3) is 1.63. The van der Waals surface area contributed by atoms with Gasteiger partial charge < -0.3 is 14.7 Å². The first-order valence-electron chi connectivity index (χ1n) is 4.90. The molecule has 1 N–H and O–H groups in total. The zero-order chi connectivity index (χ0) is 11.7. The molecule has 1 aliphatic heterocycles. The highest BCUT2D eigenvalue weighted by Gasteiger charge is 2.29. The van der Waals surface area contributed by atoms with Gasteiger partial charge in [0.25, 0.3) is 5.91 Å². The Morgan fingerprint density at radius 1 is 1.75 bits per heavy atom. The highest BCUT2D eigenvalue weighted by Crippen LogP contribution is 2.24. The molecular weight excluding hydrogens is 217 g/mol. The maximum Gasteiger partial charge on any atom is 0.277 e. The Kier molecular flexibility index (Phi) is 2.78. The molecule has 0 spiro atoms. The summed E-state index contributed by atoms with van der Waals surface area (Å²) < 4.78 is 20.0. The molecule has 1 aromatic rings. The zero-order valence-electron chi connectivity index (χ0n) is 8.81. The van der Waals surface area contributed by atoms with E-state index in [-0.39, 0.29) is 24.7 Å². The van der Waals surface area contributed by atoms with Crippen LogP contribution in [0.2, 0.25) is 0 Å². The first kappa shape index (κ1) is 10.9. The number of carbonyl (C=O) groups excluding carboxylic acids is 1. The Labute approximate surface area is 91.2 Å². The van der Waals surface area contributed by atoms with E-state index in [1.54, 1.807) is 0 Å². The number of likely N-dealkylation sites (N-methyl/N-ethyl adjacent to an activating group) is 1. The number of carbonyl (C=O) groups is 1. The molecule has 1 aromatic heterocycles. The summed E-state index contributed by atoms with van der Waals surface area (Å²) in [6.45, 7) is 0.790. The second-order valence-electron chi connectivity index (χ2n) is 3.49. The van der Waals surface area contributed by atoms with Crippen molar-refractivity contribution in [2.24, 2.45) is 0 Å². The molecule has 1 aliphatic rings. The molecule has 0 aromatic carbocycles. The van der Waals surface area contributed by atoms with E-state index < -0.39 is 11.7 Å². The van der Waals surface area contributed by atoms with Crippen LogP contribution in [0.1, 0.15) is 10.5 Å². The van der Waals surface area contributed by atoms with Crippen molar-refractivity contribution >= 4 is 5.91 Å². The predicted molar refractivity (Wildman–Crippen MR) is 51.7 cm³/mol.